The standard InChI is InChI=1S/C7H10F5N/c1-13-5(2-3-5)4-6(8,9)7(10,11)12/h13H,2-4H2,1H3. The van der Waals surface area contributed by atoms with Gasteiger partial charge in [0.15, 0.2) is 0 Å². The summed E-state index contributed by atoms with van der Waals surface area (Å²) in [6.45, 7) is 0. The molecular formula is C7H10F5N. The van der Waals surface area contributed by atoms with Crippen molar-refractivity contribution < 1.29 is 22.0 Å². The van der Waals surface area contributed by atoms with Gasteiger partial charge in [0.05, 0.1) is 0 Å². The molecule has 1 N–H and O–H groups in total. The second kappa shape index (κ2) is 2.80. The Balaban J connectivity index is 2.62. The molecule has 13 heavy (non-hydrogen) atoms. The Bertz CT molecular complexity index is 194. The van der Waals surface area contributed by atoms with Gasteiger partial charge >= 0.3 is 12.1 Å². The van der Waals surface area contributed by atoms with Crippen LogP contribution in [0.3, 0.4) is 0 Å². The average Bonchev–Trinajstić information content (AvgIpc) is 2.66. The Morgan fingerprint density at radius 1 is 1.15 bits per heavy atom. The highest BCUT2D eigenvalue weighted by Crippen LogP contribution is 2.48. The molecule has 6 heteroatoms. The van der Waals surface area contributed by atoms with E-state index in [2.05, 4.69) is 5.32 Å². The first-order valence-electron chi connectivity index (χ1n) is 3.86. The van der Waals surface area contributed by atoms with Crippen LogP contribution in [0.25, 0.3) is 0 Å². The molecule has 0 aromatic heterocycles. The van der Waals surface area contributed by atoms with Crippen molar-refractivity contribution in [2.75, 3.05) is 7.05 Å². The zero-order valence-electron chi connectivity index (χ0n) is 7.01. The normalized spacial score (nSPS) is 21.7. The van der Waals surface area contributed by atoms with E-state index in [0.29, 0.717) is 12.8 Å². The van der Waals surface area contributed by atoms with E-state index in [1.165, 1.54) is 7.05 Å². The van der Waals surface area contributed by atoms with Crippen LogP contribution in [0.2, 0.25) is 0 Å². The van der Waals surface area contributed by atoms with Crippen LogP contribution in [0, 0.1) is 0 Å². The second-order valence-corrected chi connectivity index (χ2v) is 3.41. The summed E-state index contributed by atoms with van der Waals surface area (Å²) in [4.78, 5) is 0. The molecule has 78 valence electrons. The molecule has 0 unspecified atom stereocenters. The molecular weight excluding hydrogens is 193 g/mol. The van der Waals surface area contributed by atoms with Gasteiger partial charge in [-0.2, -0.15) is 22.0 Å². The van der Waals surface area contributed by atoms with Gasteiger partial charge in [-0.05, 0) is 19.9 Å². The van der Waals surface area contributed by atoms with Crippen LogP contribution in [0.15, 0.2) is 0 Å². The van der Waals surface area contributed by atoms with Gasteiger partial charge in [-0.1, -0.05) is 0 Å². The summed E-state index contributed by atoms with van der Waals surface area (Å²) in [5.74, 6) is -4.58. The van der Waals surface area contributed by atoms with Crippen LogP contribution in [0.5, 0.6) is 0 Å². The van der Waals surface area contributed by atoms with Gasteiger partial charge < -0.3 is 5.32 Å². The lowest BCUT2D eigenvalue weighted by atomic mass is 10.1. The molecule has 0 amide bonds. The molecule has 0 spiro atoms. The highest BCUT2D eigenvalue weighted by molar-refractivity contribution is 5.05. The van der Waals surface area contributed by atoms with E-state index in [4.69, 9.17) is 0 Å². The maximum absolute atomic E-state index is 12.5. The first-order valence-corrected chi connectivity index (χ1v) is 3.86. The maximum Gasteiger partial charge on any atom is 0.453 e. The highest BCUT2D eigenvalue weighted by Gasteiger charge is 2.62. The molecule has 0 aromatic carbocycles. The third-order valence-electron chi connectivity index (χ3n) is 2.36. The molecule has 0 aliphatic heterocycles. The molecule has 0 radical (unpaired) electrons. The van der Waals surface area contributed by atoms with E-state index in [1.54, 1.807) is 0 Å². The average molecular weight is 203 g/mol. The zero-order valence-corrected chi connectivity index (χ0v) is 7.01. The number of hydrogen-bond donors (Lipinski definition) is 1. The summed E-state index contributed by atoms with van der Waals surface area (Å²) in [6, 6.07) is 0. The van der Waals surface area contributed by atoms with E-state index in [9.17, 15) is 22.0 Å². The lowest BCUT2D eigenvalue weighted by molar-refractivity contribution is -0.287. The fourth-order valence-corrected chi connectivity index (χ4v) is 1.19. The van der Waals surface area contributed by atoms with Crippen molar-refractivity contribution in [1.29, 1.82) is 0 Å². The summed E-state index contributed by atoms with van der Waals surface area (Å²) < 4.78 is 60.2. The lowest BCUT2D eigenvalue weighted by Crippen LogP contribution is -2.44. The van der Waals surface area contributed by atoms with Gasteiger partial charge in [0.25, 0.3) is 0 Å². The maximum atomic E-state index is 12.5. The summed E-state index contributed by atoms with van der Waals surface area (Å²) in [5, 5.41) is 2.50. The van der Waals surface area contributed by atoms with E-state index < -0.39 is 24.1 Å². The predicted octanol–water partition coefficient (Wildman–Crippen LogP) is 2.33. The number of rotatable bonds is 3. The molecule has 1 aliphatic rings. The third kappa shape index (κ3) is 2.10. The smallest absolute Gasteiger partial charge is 0.314 e. The molecule has 1 saturated carbocycles. The van der Waals surface area contributed by atoms with Crippen molar-refractivity contribution >= 4 is 0 Å². The molecule has 1 aliphatic carbocycles. The number of alkyl halides is 5. The van der Waals surface area contributed by atoms with Gasteiger partial charge in [0.1, 0.15) is 0 Å². The van der Waals surface area contributed by atoms with Gasteiger partial charge in [0.2, 0.25) is 0 Å². The van der Waals surface area contributed by atoms with Crippen molar-refractivity contribution in [3.63, 3.8) is 0 Å². The minimum Gasteiger partial charge on any atom is -0.314 e. The van der Waals surface area contributed by atoms with E-state index in [1.807, 2.05) is 0 Å². The number of hydrogen-bond acceptors (Lipinski definition) is 1. The first-order chi connectivity index (χ1) is 5.72. The number of nitrogens with one attached hydrogen (secondary N) is 1. The fourth-order valence-electron chi connectivity index (χ4n) is 1.19. The predicted molar refractivity (Wildman–Crippen MR) is 36.6 cm³/mol. The SMILES string of the molecule is CNC1(CC(F)(F)C(F)(F)F)CC1. The topological polar surface area (TPSA) is 12.0 Å². The van der Waals surface area contributed by atoms with E-state index in [0.717, 1.165) is 0 Å². The Hall–Kier alpha value is -0.390. The summed E-state index contributed by atoms with van der Waals surface area (Å²) in [6.07, 6.45) is -5.82. The fraction of sp³-hybridized carbons (Fsp3) is 1.00. The van der Waals surface area contributed by atoms with E-state index >= 15 is 0 Å². The van der Waals surface area contributed by atoms with E-state index in [-0.39, 0.29) is 0 Å². The van der Waals surface area contributed by atoms with Gasteiger partial charge in [-0.15, -0.1) is 0 Å². The van der Waals surface area contributed by atoms with Crippen molar-refractivity contribution in [2.24, 2.45) is 0 Å². The summed E-state index contributed by atoms with van der Waals surface area (Å²) in [7, 11) is 1.40. The zero-order chi connectivity index (χ0) is 10.3. The summed E-state index contributed by atoms with van der Waals surface area (Å²) in [5.41, 5.74) is -0.987. The molecule has 0 atom stereocenters. The lowest BCUT2D eigenvalue weighted by Gasteiger charge is -2.24. The Kier molecular flexibility index (Phi) is 2.30. The van der Waals surface area contributed by atoms with Gasteiger partial charge in [-0.3, -0.25) is 0 Å². The van der Waals surface area contributed by atoms with Gasteiger partial charge in [0, 0.05) is 12.0 Å². The van der Waals surface area contributed by atoms with Crippen LogP contribution < -0.4 is 5.32 Å². The van der Waals surface area contributed by atoms with Crippen LogP contribution in [-0.4, -0.2) is 24.7 Å². The van der Waals surface area contributed by atoms with Crippen molar-refractivity contribution in [2.45, 2.75) is 36.9 Å². The molecule has 1 fully saturated rings. The third-order valence-corrected chi connectivity index (χ3v) is 2.36. The van der Waals surface area contributed by atoms with Gasteiger partial charge in [-0.25, -0.2) is 0 Å². The summed E-state index contributed by atoms with van der Waals surface area (Å²) >= 11 is 0. The van der Waals surface area contributed by atoms with Crippen molar-refractivity contribution in [3.8, 4) is 0 Å². The Morgan fingerprint density at radius 2 is 1.62 bits per heavy atom. The first kappa shape index (κ1) is 10.7. The molecule has 0 saturated heterocycles. The quantitative estimate of drug-likeness (QED) is 0.694. The molecule has 0 aromatic rings. The van der Waals surface area contributed by atoms with Crippen LogP contribution >= 0.6 is 0 Å². The van der Waals surface area contributed by atoms with Crippen molar-refractivity contribution in [3.05, 3.63) is 0 Å². The number of halogens is 5. The van der Waals surface area contributed by atoms with Crippen molar-refractivity contribution in [1.82, 2.24) is 5.32 Å². The molecule has 0 bridgehead atoms. The molecule has 0 heterocycles. The minimum atomic E-state index is -5.43. The Labute approximate surface area is 72.3 Å². The van der Waals surface area contributed by atoms with Crippen LogP contribution in [0.4, 0.5) is 22.0 Å². The van der Waals surface area contributed by atoms with Crippen LogP contribution in [-0.2, 0) is 0 Å². The molecule has 1 rings (SSSR count). The molecule has 1 nitrogen and oxygen atoms in total. The Morgan fingerprint density at radius 3 is 1.85 bits per heavy atom. The minimum absolute atomic E-state index is 0.384. The largest absolute Gasteiger partial charge is 0.453 e. The van der Waals surface area contributed by atoms with Crippen LogP contribution in [0.1, 0.15) is 19.3 Å². The monoisotopic (exact) mass is 203 g/mol. The highest BCUT2D eigenvalue weighted by atomic mass is 19.4. The second-order valence-electron chi connectivity index (χ2n) is 3.41.